The molecule has 1 N–H and O–H groups in total. The fraction of sp³-hybridized carbons (Fsp3) is 0.267. The lowest BCUT2D eigenvalue weighted by Gasteiger charge is -2.09. The Morgan fingerprint density at radius 2 is 2.04 bits per heavy atom. The maximum absolute atomic E-state index is 12.6. The molecule has 3 aromatic rings. The second-order valence-electron chi connectivity index (χ2n) is 5.46. The first-order valence-electron chi connectivity index (χ1n) is 7.41. The van der Waals surface area contributed by atoms with E-state index in [9.17, 15) is 19.2 Å². The van der Waals surface area contributed by atoms with Crippen molar-refractivity contribution in [2.75, 3.05) is 12.4 Å². The number of methoxy groups -OCH3 is 1. The molecule has 0 atom stereocenters. The van der Waals surface area contributed by atoms with Gasteiger partial charge < -0.3 is 14.6 Å². The summed E-state index contributed by atoms with van der Waals surface area (Å²) in [5.41, 5.74) is -0.555. The summed E-state index contributed by atoms with van der Waals surface area (Å²) < 4.78 is 8.16. The summed E-state index contributed by atoms with van der Waals surface area (Å²) >= 11 is 1.11. The van der Waals surface area contributed by atoms with Crippen molar-refractivity contribution in [3.63, 3.8) is 0 Å². The number of amides is 1. The smallest absolute Gasteiger partial charge is 0.350 e. The van der Waals surface area contributed by atoms with Crippen LogP contribution in [-0.2, 0) is 30.2 Å². The molecule has 11 heteroatoms. The number of imidazole rings is 1. The molecule has 0 aromatic carbocycles. The number of nitrogens with zero attached hydrogens (tertiary/aromatic N) is 4. The van der Waals surface area contributed by atoms with Gasteiger partial charge in [-0.05, 0) is 11.4 Å². The van der Waals surface area contributed by atoms with Crippen LogP contribution < -0.4 is 16.6 Å². The number of aromatic nitrogens is 4. The summed E-state index contributed by atoms with van der Waals surface area (Å²) in [6.45, 7) is -0.497. The van der Waals surface area contributed by atoms with Crippen LogP contribution in [0, 0.1) is 0 Å². The fourth-order valence-electron chi connectivity index (χ4n) is 2.53. The SMILES string of the molecule is COC(=O)c1sccc1NC(=O)Cn1c(=O)c2c(ncn2C)n(C)c1=O. The molecule has 3 rings (SSSR count). The van der Waals surface area contributed by atoms with Crippen LogP contribution in [0.3, 0.4) is 0 Å². The second kappa shape index (κ2) is 6.59. The van der Waals surface area contributed by atoms with Crippen LogP contribution in [0.25, 0.3) is 11.2 Å². The first-order valence-corrected chi connectivity index (χ1v) is 8.29. The van der Waals surface area contributed by atoms with Gasteiger partial charge in [0.25, 0.3) is 5.56 Å². The quantitative estimate of drug-likeness (QED) is 0.636. The number of esters is 1. The van der Waals surface area contributed by atoms with E-state index < -0.39 is 29.7 Å². The van der Waals surface area contributed by atoms with Gasteiger partial charge in [0.15, 0.2) is 11.2 Å². The van der Waals surface area contributed by atoms with Crippen molar-refractivity contribution < 1.29 is 14.3 Å². The van der Waals surface area contributed by atoms with Crippen molar-refractivity contribution >= 4 is 40.1 Å². The molecule has 0 bridgehead atoms. The molecule has 0 saturated heterocycles. The summed E-state index contributed by atoms with van der Waals surface area (Å²) in [4.78, 5) is 53.2. The van der Waals surface area contributed by atoms with Gasteiger partial charge in [0.05, 0.1) is 19.1 Å². The molecule has 3 heterocycles. The van der Waals surface area contributed by atoms with Gasteiger partial charge in [-0.3, -0.25) is 14.2 Å². The van der Waals surface area contributed by atoms with Crippen molar-refractivity contribution in [1.82, 2.24) is 18.7 Å². The molecule has 0 aliphatic rings. The monoisotopic (exact) mass is 377 g/mol. The van der Waals surface area contributed by atoms with Gasteiger partial charge in [0.2, 0.25) is 5.91 Å². The Morgan fingerprint density at radius 1 is 1.31 bits per heavy atom. The largest absolute Gasteiger partial charge is 0.465 e. The van der Waals surface area contributed by atoms with Crippen LogP contribution in [0.15, 0.2) is 27.4 Å². The predicted molar refractivity (Wildman–Crippen MR) is 94.5 cm³/mol. The highest BCUT2D eigenvalue weighted by atomic mass is 32.1. The van der Waals surface area contributed by atoms with Crippen LogP contribution in [-0.4, -0.2) is 37.7 Å². The third-order valence-electron chi connectivity index (χ3n) is 3.81. The number of aryl methyl sites for hydroxylation is 2. The van der Waals surface area contributed by atoms with Crippen molar-refractivity contribution in [3.8, 4) is 0 Å². The lowest BCUT2D eigenvalue weighted by Crippen LogP contribution is -2.42. The minimum absolute atomic E-state index is 0.214. The summed E-state index contributed by atoms with van der Waals surface area (Å²) in [5.74, 6) is -1.20. The molecule has 0 unspecified atom stereocenters. The molecule has 136 valence electrons. The average Bonchev–Trinajstić information content (AvgIpc) is 3.22. The molecular weight excluding hydrogens is 362 g/mol. The molecule has 0 fully saturated rings. The molecule has 26 heavy (non-hydrogen) atoms. The van der Waals surface area contributed by atoms with Crippen molar-refractivity contribution in [1.29, 1.82) is 0 Å². The van der Waals surface area contributed by atoms with Crippen LogP contribution in [0.4, 0.5) is 5.69 Å². The summed E-state index contributed by atoms with van der Waals surface area (Å²) in [5, 5.41) is 4.14. The maximum Gasteiger partial charge on any atom is 0.350 e. The summed E-state index contributed by atoms with van der Waals surface area (Å²) in [7, 11) is 4.33. The molecule has 0 aliphatic carbocycles. The lowest BCUT2D eigenvalue weighted by molar-refractivity contribution is -0.116. The third-order valence-corrected chi connectivity index (χ3v) is 4.71. The van der Waals surface area contributed by atoms with Gasteiger partial charge in [0, 0.05) is 14.1 Å². The van der Waals surface area contributed by atoms with Gasteiger partial charge in [-0.2, -0.15) is 0 Å². The van der Waals surface area contributed by atoms with E-state index >= 15 is 0 Å². The van der Waals surface area contributed by atoms with Gasteiger partial charge in [-0.25, -0.2) is 19.1 Å². The second-order valence-corrected chi connectivity index (χ2v) is 6.38. The summed E-state index contributed by atoms with van der Waals surface area (Å²) in [6.07, 6.45) is 1.42. The number of carbonyl (C=O) groups is 2. The number of rotatable bonds is 4. The molecule has 0 radical (unpaired) electrons. The van der Waals surface area contributed by atoms with Crippen LogP contribution in [0.5, 0.6) is 0 Å². The zero-order valence-electron chi connectivity index (χ0n) is 14.2. The van der Waals surface area contributed by atoms with Gasteiger partial charge in [0.1, 0.15) is 11.4 Å². The van der Waals surface area contributed by atoms with Crippen molar-refractivity contribution in [2.24, 2.45) is 14.1 Å². The molecule has 10 nitrogen and oxygen atoms in total. The van der Waals surface area contributed by atoms with E-state index in [-0.39, 0.29) is 21.7 Å². The highest BCUT2D eigenvalue weighted by Crippen LogP contribution is 2.23. The van der Waals surface area contributed by atoms with E-state index in [1.54, 1.807) is 18.5 Å². The normalized spacial score (nSPS) is 10.9. The molecule has 3 aromatic heterocycles. The third kappa shape index (κ3) is 2.81. The van der Waals surface area contributed by atoms with E-state index in [0.29, 0.717) is 0 Å². The minimum Gasteiger partial charge on any atom is -0.465 e. The van der Waals surface area contributed by atoms with E-state index in [2.05, 4.69) is 15.0 Å². The fourth-order valence-corrected chi connectivity index (χ4v) is 3.29. The zero-order chi connectivity index (χ0) is 19.0. The van der Waals surface area contributed by atoms with E-state index in [1.807, 2.05) is 0 Å². The molecule has 0 saturated carbocycles. The Hall–Kier alpha value is -3.21. The van der Waals surface area contributed by atoms with E-state index in [1.165, 1.54) is 29.6 Å². The van der Waals surface area contributed by atoms with Gasteiger partial charge in [-0.1, -0.05) is 0 Å². The standard InChI is InChI=1S/C15H15N5O5S/c1-18-7-16-12-10(18)13(22)20(15(24)19(12)2)6-9(21)17-8-4-5-26-11(8)14(23)25-3/h4-5,7H,6H2,1-3H3,(H,17,21). The Balaban J connectivity index is 1.95. The molecular formula is C15H15N5O5S. The number of hydrogen-bond donors (Lipinski definition) is 1. The van der Waals surface area contributed by atoms with E-state index in [4.69, 9.17) is 0 Å². The molecule has 1 amide bonds. The number of hydrogen-bond acceptors (Lipinski definition) is 7. The first kappa shape index (κ1) is 17.6. The average molecular weight is 377 g/mol. The lowest BCUT2D eigenvalue weighted by atomic mass is 10.3. The van der Waals surface area contributed by atoms with Crippen molar-refractivity contribution in [2.45, 2.75) is 6.54 Å². The minimum atomic E-state index is -0.658. The number of anilines is 1. The molecule has 0 aliphatic heterocycles. The Morgan fingerprint density at radius 3 is 2.73 bits per heavy atom. The number of carbonyl (C=O) groups excluding carboxylic acids is 2. The van der Waals surface area contributed by atoms with Crippen LogP contribution in [0.1, 0.15) is 9.67 Å². The van der Waals surface area contributed by atoms with Gasteiger partial charge in [-0.15, -0.1) is 11.3 Å². The zero-order valence-corrected chi connectivity index (χ0v) is 15.0. The predicted octanol–water partition coefficient (Wildman–Crippen LogP) is -0.0795. The number of fused-ring (bicyclic) bond motifs is 1. The van der Waals surface area contributed by atoms with Crippen molar-refractivity contribution in [3.05, 3.63) is 43.5 Å². The highest BCUT2D eigenvalue weighted by Gasteiger charge is 2.19. The first-order chi connectivity index (χ1) is 12.3. The van der Waals surface area contributed by atoms with E-state index in [0.717, 1.165) is 15.9 Å². The number of ether oxygens (including phenoxy) is 1. The Kier molecular flexibility index (Phi) is 4.47. The number of nitrogens with one attached hydrogen (secondary N) is 1. The Bertz CT molecular complexity index is 1140. The highest BCUT2D eigenvalue weighted by molar-refractivity contribution is 7.12. The Labute approximate surface area is 150 Å². The molecule has 0 spiro atoms. The van der Waals surface area contributed by atoms with Crippen LogP contribution >= 0.6 is 11.3 Å². The maximum atomic E-state index is 12.6. The topological polar surface area (TPSA) is 117 Å². The summed E-state index contributed by atoms with van der Waals surface area (Å²) in [6, 6.07) is 1.54. The van der Waals surface area contributed by atoms with Crippen LogP contribution in [0.2, 0.25) is 0 Å². The number of thiophene rings is 1. The van der Waals surface area contributed by atoms with Gasteiger partial charge >= 0.3 is 11.7 Å².